The maximum atomic E-state index is 11.1. The Hall–Kier alpha value is -1.90. The molecule has 1 rings (SSSR count). The number of aliphatic hydroxyl groups excluding tert-OH is 2. The van der Waals surface area contributed by atoms with Crippen LogP contribution in [-0.4, -0.2) is 27.4 Å². The minimum atomic E-state index is -1.37. The van der Waals surface area contributed by atoms with Gasteiger partial charge in [-0.05, 0) is 18.1 Å². The first kappa shape index (κ1) is 13.2. The van der Waals surface area contributed by atoms with Gasteiger partial charge in [-0.15, -0.1) is 0 Å². The Labute approximate surface area is 98.6 Å². The van der Waals surface area contributed by atoms with E-state index in [0.717, 1.165) is 0 Å². The standard InChI is InChI=1S/C12H13NO4/c1-7-3-2-4-8(10(7)12(16)17)11(15)9(14)5-6-13/h2-4,9,11,14-15H,5H2,1H3,(H,16,17). The van der Waals surface area contributed by atoms with Crippen LogP contribution in [-0.2, 0) is 0 Å². The van der Waals surface area contributed by atoms with Crippen LogP contribution in [0.15, 0.2) is 18.2 Å². The fourth-order valence-electron chi connectivity index (χ4n) is 1.64. The smallest absolute Gasteiger partial charge is 0.336 e. The highest BCUT2D eigenvalue weighted by Gasteiger charge is 2.24. The van der Waals surface area contributed by atoms with Gasteiger partial charge >= 0.3 is 5.97 Å². The number of aryl methyl sites for hydroxylation is 1. The molecule has 1 aromatic carbocycles. The fourth-order valence-corrected chi connectivity index (χ4v) is 1.64. The highest BCUT2D eigenvalue weighted by atomic mass is 16.4. The van der Waals surface area contributed by atoms with E-state index in [2.05, 4.69) is 0 Å². The molecule has 1 aromatic rings. The molecule has 0 amide bonds. The lowest BCUT2D eigenvalue weighted by molar-refractivity contribution is 0.0205. The van der Waals surface area contributed by atoms with Gasteiger partial charge in [0.2, 0.25) is 0 Å². The largest absolute Gasteiger partial charge is 0.478 e. The van der Waals surface area contributed by atoms with Crippen LogP contribution in [0.5, 0.6) is 0 Å². The van der Waals surface area contributed by atoms with Crippen molar-refractivity contribution in [2.24, 2.45) is 0 Å². The van der Waals surface area contributed by atoms with E-state index in [-0.39, 0.29) is 17.5 Å². The summed E-state index contributed by atoms with van der Waals surface area (Å²) in [7, 11) is 0. The van der Waals surface area contributed by atoms with Gasteiger partial charge in [0.05, 0.1) is 24.2 Å². The maximum absolute atomic E-state index is 11.1. The second kappa shape index (κ2) is 5.43. The normalized spacial score (nSPS) is 13.8. The summed E-state index contributed by atoms with van der Waals surface area (Å²) in [6.07, 6.45) is -2.92. The first-order valence-corrected chi connectivity index (χ1v) is 5.05. The molecule has 0 saturated carbocycles. The Kier molecular flexibility index (Phi) is 4.21. The average Bonchev–Trinajstić information content (AvgIpc) is 2.27. The van der Waals surface area contributed by atoms with Crippen molar-refractivity contribution in [1.29, 1.82) is 5.26 Å². The number of aromatic carboxylic acids is 1. The fraction of sp³-hybridized carbons (Fsp3) is 0.333. The molecule has 0 saturated heterocycles. The van der Waals surface area contributed by atoms with Crippen molar-refractivity contribution < 1.29 is 20.1 Å². The van der Waals surface area contributed by atoms with Gasteiger partial charge in [0.25, 0.3) is 0 Å². The zero-order chi connectivity index (χ0) is 13.0. The number of hydrogen-bond acceptors (Lipinski definition) is 4. The van der Waals surface area contributed by atoms with Crippen molar-refractivity contribution in [3.8, 4) is 6.07 Å². The number of hydrogen-bond donors (Lipinski definition) is 3. The lowest BCUT2D eigenvalue weighted by Crippen LogP contribution is -2.20. The van der Waals surface area contributed by atoms with Crippen molar-refractivity contribution in [1.82, 2.24) is 0 Å². The van der Waals surface area contributed by atoms with Crippen LogP contribution in [0.1, 0.15) is 34.0 Å². The molecule has 0 radical (unpaired) electrons. The minimum absolute atomic E-state index is 0.0306. The third kappa shape index (κ3) is 2.81. The zero-order valence-corrected chi connectivity index (χ0v) is 9.29. The Morgan fingerprint density at radius 3 is 2.65 bits per heavy atom. The van der Waals surface area contributed by atoms with E-state index >= 15 is 0 Å². The van der Waals surface area contributed by atoms with E-state index in [4.69, 9.17) is 10.4 Å². The van der Waals surface area contributed by atoms with Crippen LogP contribution >= 0.6 is 0 Å². The first-order valence-electron chi connectivity index (χ1n) is 5.05. The van der Waals surface area contributed by atoms with Gasteiger partial charge in [0.15, 0.2) is 0 Å². The molecule has 5 nitrogen and oxygen atoms in total. The van der Waals surface area contributed by atoms with Crippen LogP contribution in [0.4, 0.5) is 0 Å². The maximum Gasteiger partial charge on any atom is 0.336 e. The summed E-state index contributed by atoms with van der Waals surface area (Å²) >= 11 is 0. The van der Waals surface area contributed by atoms with Crippen molar-refractivity contribution >= 4 is 5.97 Å². The highest BCUT2D eigenvalue weighted by molar-refractivity contribution is 5.91. The summed E-state index contributed by atoms with van der Waals surface area (Å²) in [5.41, 5.74) is 0.593. The Balaban J connectivity index is 3.18. The van der Waals surface area contributed by atoms with E-state index in [9.17, 15) is 15.0 Å². The minimum Gasteiger partial charge on any atom is -0.478 e. The summed E-state index contributed by atoms with van der Waals surface area (Å²) in [4.78, 5) is 11.1. The summed E-state index contributed by atoms with van der Waals surface area (Å²) in [5.74, 6) is -1.17. The molecule has 0 bridgehead atoms. The summed E-state index contributed by atoms with van der Waals surface area (Å²) in [6.45, 7) is 1.61. The van der Waals surface area contributed by atoms with Crippen LogP contribution in [0.2, 0.25) is 0 Å². The van der Waals surface area contributed by atoms with Crippen molar-refractivity contribution in [2.75, 3.05) is 0 Å². The summed E-state index contributed by atoms with van der Waals surface area (Å²) in [6, 6.07) is 6.36. The third-order valence-corrected chi connectivity index (χ3v) is 2.50. The number of nitrogens with zero attached hydrogens (tertiary/aromatic N) is 1. The first-order chi connectivity index (χ1) is 7.99. The molecule has 0 aromatic heterocycles. The number of nitriles is 1. The van der Waals surface area contributed by atoms with Gasteiger partial charge in [-0.2, -0.15) is 5.26 Å². The van der Waals surface area contributed by atoms with Crippen molar-refractivity contribution in [3.05, 3.63) is 34.9 Å². The topological polar surface area (TPSA) is 102 Å². The number of carboxylic acid groups (broad SMARTS) is 1. The number of benzene rings is 1. The van der Waals surface area contributed by atoms with Crippen molar-refractivity contribution in [2.45, 2.75) is 25.6 Å². The van der Waals surface area contributed by atoms with Gasteiger partial charge in [0, 0.05) is 0 Å². The predicted molar refractivity (Wildman–Crippen MR) is 59.3 cm³/mol. The lowest BCUT2D eigenvalue weighted by atomic mass is 9.94. The molecular weight excluding hydrogens is 222 g/mol. The van der Waals surface area contributed by atoms with E-state index in [1.165, 1.54) is 6.07 Å². The van der Waals surface area contributed by atoms with E-state index in [0.29, 0.717) is 5.56 Å². The molecule has 3 N–H and O–H groups in total. The molecule has 2 atom stereocenters. The number of rotatable bonds is 4. The van der Waals surface area contributed by atoms with E-state index < -0.39 is 18.2 Å². The monoisotopic (exact) mass is 235 g/mol. The Morgan fingerprint density at radius 2 is 2.12 bits per heavy atom. The van der Waals surface area contributed by atoms with Crippen LogP contribution < -0.4 is 0 Å². The highest BCUT2D eigenvalue weighted by Crippen LogP contribution is 2.25. The SMILES string of the molecule is Cc1cccc(C(O)C(O)CC#N)c1C(=O)O. The molecule has 0 spiro atoms. The molecular formula is C12H13NO4. The molecule has 2 unspecified atom stereocenters. The molecule has 0 aliphatic rings. The van der Waals surface area contributed by atoms with Gasteiger partial charge in [-0.3, -0.25) is 0 Å². The van der Waals surface area contributed by atoms with Crippen LogP contribution in [0.25, 0.3) is 0 Å². The second-order valence-corrected chi connectivity index (χ2v) is 3.72. The number of carboxylic acids is 1. The predicted octanol–water partition coefficient (Wildman–Crippen LogP) is 1.00. The number of carbonyl (C=O) groups is 1. The van der Waals surface area contributed by atoms with Crippen LogP contribution in [0, 0.1) is 18.3 Å². The number of aliphatic hydroxyl groups is 2. The van der Waals surface area contributed by atoms with Gasteiger partial charge < -0.3 is 15.3 Å². The molecule has 90 valence electrons. The van der Waals surface area contributed by atoms with E-state index in [1.807, 2.05) is 0 Å². The van der Waals surface area contributed by atoms with Gasteiger partial charge in [0.1, 0.15) is 6.10 Å². The van der Waals surface area contributed by atoms with E-state index in [1.54, 1.807) is 25.1 Å². The Morgan fingerprint density at radius 1 is 1.47 bits per heavy atom. The second-order valence-electron chi connectivity index (χ2n) is 3.72. The third-order valence-electron chi connectivity index (χ3n) is 2.50. The van der Waals surface area contributed by atoms with Gasteiger partial charge in [-0.1, -0.05) is 18.2 Å². The molecule has 0 heterocycles. The van der Waals surface area contributed by atoms with Gasteiger partial charge in [-0.25, -0.2) is 4.79 Å². The molecule has 0 aliphatic carbocycles. The molecule has 0 aliphatic heterocycles. The molecule has 0 fully saturated rings. The Bertz CT molecular complexity index is 464. The van der Waals surface area contributed by atoms with Crippen LogP contribution in [0.3, 0.4) is 0 Å². The zero-order valence-electron chi connectivity index (χ0n) is 9.29. The average molecular weight is 235 g/mol. The van der Waals surface area contributed by atoms with Crippen molar-refractivity contribution in [3.63, 3.8) is 0 Å². The molecule has 17 heavy (non-hydrogen) atoms. The summed E-state index contributed by atoms with van der Waals surface area (Å²) in [5, 5.41) is 36.8. The summed E-state index contributed by atoms with van der Waals surface area (Å²) < 4.78 is 0. The molecule has 5 heteroatoms. The lowest BCUT2D eigenvalue weighted by Gasteiger charge is -2.18. The quantitative estimate of drug-likeness (QED) is 0.722.